The van der Waals surface area contributed by atoms with Crippen LogP contribution in [0, 0.1) is 0 Å². The van der Waals surface area contributed by atoms with Crippen LogP contribution in [-0.4, -0.2) is 42.8 Å². The Morgan fingerprint density at radius 1 is 1.44 bits per heavy atom. The summed E-state index contributed by atoms with van der Waals surface area (Å²) in [5.41, 5.74) is 1.62. The van der Waals surface area contributed by atoms with E-state index in [1.165, 1.54) is 7.11 Å². The Morgan fingerprint density at radius 3 is 2.61 bits per heavy atom. The van der Waals surface area contributed by atoms with Crippen LogP contribution in [0.2, 0.25) is 0 Å². The molecule has 0 saturated carbocycles. The summed E-state index contributed by atoms with van der Waals surface area (Å²) in [7, 11) is 1.36. The Kier molecular flexibility index (Phi) is 6.11. The summed E-state index contributed by atoms with van der Waals surface area (Å²) < 4.78 is 4.64. The number of aliphatic hydroxyl groups excluding tert-OH is 1. The molecule has 0 saturated heterocycles. The van der Waals surface area contributed by atoms with Gasteiger partial charge in [-0.25, -0.2) is 4.79 Å². The molecule has 0 aliphatic carbocycles. The fourth-order valence-corrected chi connectivity index (χ4v) is 1.68. The summed E-state index contributed by atoms with van der Waals surface area (Å²) in [5.74, 6) is -0.333. The molecule has 0 atom stereocenters. The highest BCUT2D eigenvalue weighted by atomic mass is 16.5. The third-order valence-electron chi connectivity index (χ3n) is 2.58. The molecule has 18 heavy (non-hydrogen) atoms. The molecule has 1 N–H and O–H groups in total. The predicted octanol–water partition coefficient (Wildman–Crippen LogP) is 1.45. The molecule has 0 bridgehead atoms. The number of nitrogens with zero attached hydrogens (tertiary/aromatic N) is 1. The number of esters is 1. The monoisotopic (exact) mass is 249 g/mol. The van der Waals surface area contributed by atoms with Gasteiger partial charge >= 0.3 is 5.97 Å². The summed E-state index contributed by atoms with van der Waals surface area (Å²) in [4.78, 5) is 13.3. The van der Waals surface area contributed by atoms with E-state index < -0.39 is 0 Å². The summed E-state index contributed by atoms with van der Waals surface area (Å²) in [6.45, 7) is 5.85. The van der Waals surface area contributed by atoms with Gasteiger partial charge in [-0.3, -0.25) is 4.90 Å². The van der Waals surface area contributed by atoms with Crippen LogP contribution in [0.1, 0.15) is 15.9 Å². The first-order chi connectivity index (χ1) is 8.71. The van der Waals surface area contributed by atoms with Crippen molar-refractivity contribution in [1.29, 1.82) is 0 Å². The van der Waals surface area contributed by atoms with Crippen LogP contribution in [0.5, 0.6) is 0 Å². The minimum absolute atomic E-state index is 0.119. The topological polar surface area (TPSA) is 49.8 Å². The van der Waals surface area contributed by atoms with Gasteiger partial charge < -0.3 is 9.84 Å². The summed E-state index contributed by atoms with van der Waals surface area (Å²) in [5, 5.41) is 8.95. The lowest BCUT2D eigenvalue weighted by Crippen LogP contribution is -2.26. The van der Waals surface area contributed by atoms with Crippen molar-refractivity contribution >= 4 is 5.97 Å². The lowest BCUT2D eigenvalue weighted by atomic mass is 10.1. The van der Waals surface area contributed by atoms with E-state index in [4.69, 9.17) is 5.11 Å². The Bertz CT molecular complexity index is 387. The Balaban J connectivity index is 2.66. The molecule has 0 unspecified atom stereocenters. The second-order valence-electron chi connectivity index (χ2n) is 3.94. The average Bonchev–Trinajstić information content (AvgIpc) is 2.39. The van der Waals surface area contributed by atoms with E-state index in [9.17, 15) is 4.79 Å². The van der Waals surface area contributed by atoms with Crippen LogP contribution in [0.15, 0.2) is 36.9 Å². The van der Waals surface area contributed by atoms with Crippen molar-refractivity contribution in [1.82, 2.24) is 4.90 Å². The number of rotatable bonds is 7. The van der Waals surface area contributed by atoms with Crippen LogP contribution in [0.4, 0.5) is 0 Å². The highest BCUT2D eigenvalue weighted by molar-refractivity contribution is 5.89. The molecular weight excluding hydrogens is 230 g/mol. The van der Waals surface area contributed by atoms with Crippen molar-refractivity contribution in [3.05, 3.63) is 48.0 Å². The van der Waals surface area contributed by atoms with Crippen LogP contribution >= 0.6 is 0 Å². The van der Waals surface area contributed by atoms with Gasteiger partial charge in [0.05, 0.1) is 19.3 Å². The lowest BCUT2D eigenvalue weighted by molar-refractivity contribution is 0.0600. The molecule has 1 rings (SSSR count). The molecule has 0 aliphatic heterocycles. The largest absolute Gasteiger partial charge is 0.465 e. The molecule has 0 radical (unpaired) electrons. The van der Waals surface area contributed by atoms with Crippen LogP contribution in [0.3, 0.4) is 0 Å². The molecule has 0 aromatic heterocycles. The van der Waals surface area contributed by atoms with Crippen molar-refractivity contribution in [3.8, 4) is 0 Å². The van der Waals surface area contributed by atoms with Gasteiger partial charge in [0.15, 0.2) is 0 Å². The predicted molar refractivity (Wildman–Crippen MR) is 70.3 cm³/mol. The quantitative estimate of drug-likeness (QED) is 0.587. The fourth-order valence-electron chi connectivity index (χ4n) is 1.68. The molecule has 0 fully saturated rings. The van der Waals surface area contributed by atoms with Gasteiger partial charge in [0, 0.05) is 19.6 Å². The second-order valence-corrected chi connectivity index (χ2v) is 3.94. The molecule has 4 heteroatoms. The van der Waals surface area contributed by atoms with E-state index in [-0.39, 0.29) is 12.6 Å². The molecule has 1 aromatic carbocycles. The van der Waals surface area contributed by atoms with E-state index in [1.54, 1.807) is 18.2 Å². The van der Waals surface area contributed by atoms with E-state index in [0.717, 1.165) is 12.1 Å². The number of carbonyl (C=O) groups excluding carboxylic acids is 1. The molecule has 4 nitrogen and oxygen atoms in total. The zero-order valence-electron chi connectivity index (χ0n) is 10.6. The van der Waals surface area contributed by atoms with Crippen molar-refractivity contribution in [2.75, 3.05) is 26.8 Å². The molecule has 0 heterocycles. The van der Waals surface area contributed by atoms with Gasteiger partial charge in [0.1, 0.15) is 0 Å². The fraction of sp³-hybridized carbons (Fsp3) is 0.357. The van der Waals surface area contributed by atoms with Gasteiger partial charge in [0.2, 0.25) is 0 Å². The van der Waals surface area contributed by atoms with Gasteiger partial charge in [0.25, 0.3) is 0 Å². The maximum absolute atomic E-state index is 11.3. The smallest absolute Gasteiger partial charge is 0.337 e. The van der Waals surface area contributed by atoms with Gasteiger partial charge in [-0.1, -0.05) is 18.2 Å². The third-order valence-corrected chi connectivity index (χ3v) is 2.58. The first-order valence-corrected chi connectivity index (χ1v) is 5.82. The Morgan fingerprint density at radius 2 is 2.11 bits per heavy atom. The van der Waals surface area contributed by atoms with Gasteiger partial charge in [-0.15, -0.1) is 6.58 Å². The molecule has 0 amide bonds. The number of ether oxygens (including phenoxy) is 1. The van der Waals surface area contributed by atoms with E-state index >= 15 is 0 Å². The van der Waals surface area contributed by atoms with Crippen molar-refractivity contribution in [3.63, 3.8) is 0 Å². The number of aliphatic hydroxyl groups is 1. The second kappa shape index (κ2) is 7.63. The van der Waals surface area contributed by atoms with E-state index in [1.807, 2.05) is 12.1 Å². The number of carbonyl (C=O) groups is 1. The Hall–Kier alpha value is -1.65. The molecule has 98 valence electrons. The first kappa shape index (κ1) is 14.4. The number of methoxy groups -OCH3 is 1. The van der Waals surface area contributed by atoms with E-state index in [2.05, 4.69) is 16.2 Å². The minimum atomic E-state index is -0.333. The molecular formula is C14H19NO3. The SMILES string of the molecule is C=CCN(CCO)Cc1ccc(C(=O)OC)cc1. The van der Waals surface area contributed by atoms with Crippen molar-refractivity contribution in [2.45, 2.75) is 6.54 Å². The lowest BCUT2D eigenvalue weighted by Gasteiger charge is -2.19. The van der Waals surface area contributed by atoms with Crippen molar-refractivity contribution < 1.29 is 14.6 Å². The zero-order valence-corrected chi connectivity index (χ0v) is 10.6. The summed E-state index contributed by atoms with van der Waals surface area (Å²) >= 11 is 0. The minimum Gasteiger partial charge on any atom is -0.465 e. The highest BCUT2D eigenvalue weighted by Crippen LogP contribution is 2.08. The number of benzene rings is 1. The standard InChI is InChI=1S/C14H19NO3/c1-3-8-15(9-10-16)11-12-4-6-13(7-5-12)14(17)18-2/h3-7,16H,1,8-11H2,2H3. The maximum atomic E-state index is 11.3. The summed E-state index contributed by atoms with van der Waals surface area (Å²) in [6, 6.07) is 7.26. The third kappa shape index (κ3) is 4.31. The number of hydrogen-bond donors (Lipinski definition) is 1. The molecule has 1 aromatic rings. The average molecular weight is 249 g/mol. The van der Waals surface area contributed by atoms with Crippen LogP contribution < -0.4 is 0 Å². The van der Waals surface area contributed by atoms with Crippen molar-refractivity contribution in [2.24, 2.45) is 0 Å². The Labute approximate surface area is 107 Å². The normalized spacial score (nSPS) is 10.4. The van der Waals surface area contributed by atoms with Crippen LogP contribution in [0.25, 0.3) is 0 Å². The summed E-state index contributed by atoms with van der Waals surface area (Å²) in [6.07, 6.45) is 1.80. The maximum Gasteiger partial charge on any atom is 0.337 e. The molecule has 0 spiro atoms. The highest BCUT2D eigenvalue weighted by Gasteiger charge is 2.06. The van der Waals surface area contributed by atoms with E-state index in [0.29, 0.717) is 18.7 Å². The number of hydrogen-bond acceptors (Lipinski definition) is 4. The molecule has 0 aliphatic rings. The zero-order chi connectivity index (χ0) is 13.4. The van der Waals surface area contributed by atoms with Gasteiger partial charge in [-0.05, 0) is 17.7 Å². The van der Waals surface area contributed by atoms with Gasteiger partial charge in [-0.2, -0.15) is 0 Å². The first-order valence-electron chi connectivity index (χ1n) is 5.82. The van der Waals surface area contributed by atoms with Crippen LogP contribution in [-0.2, 0) is 11.3 Å².